The molecule has 0 fully saturated rings. The number of rotatable bonds is 7. The molecular formula is C15H20O4. The fourth-order valence-electron chi connectivity index (χ4n) is 1.95. The van der Waals surface area contributed by atoms with Crippen molar-refractivity contribution in [2.45, 2.75) is 26.4 Å². The van der Waals surface area contributed by atoms with Crippen LogP contribution in [-0.4, -0.2) is 25.5 Å². The molecule has 0 amide bonds. The number of ketones is 1. The number of hydrogen-bond donors (Lipinski definition) is 0. The van der Waals surface area contributed by atoms with Crippen molar-refractivity contribution in [2.24, 2.45) is 5.92 Å². The Hall–Kier alpha value is -1.68. The predicted octanol–water partition coefficient (Wildman–Crippen LogP) is 2.53. The first-order valence-corrected chi connectivity index (χ1v) is 6.43. The zero-order chi connectivity index (χ0) is 14.3. The summed E-state index contributed by atoms with van der Waals surface area (Å²) in [5, 5.41) is 0. The second kappa shape index (κ2) is 7.69. The minimum absolute atomic E-state index is 0.255. The van der Waals surface area contributed by atoms with Gasteiger partial charge in [0.05, 0.1) is 6.61 Å². The van der Waals surface area contributed by atoms with E-state index in [1.54, 1.807) is 13.8 Å². The second-order valence-electron chi connectivity index (χ2n) is 4.14. The van der Waals surface area contributed by atoms with Gasteiger partial charge in [-0.1, -0.05) is 37.3 Å². The zero-order valence-electron chi connectivity index (χ0n) is 11.6. The van der Waals surface area contributed by atoms with Gasteiger partial charge in [-0.05, 0) is 18.9 Å². The lowest BCUT2D eigenvalue weighted by Gasteiger charge is -2.19. The third kappa shape index (κ3) is 3.89. The summed E-state index contributed by atoms with van der Waals surface area (Å²) < 4.78 is 10.2. The number of carbonyl (C=O) groups is 2. The van der Waals surface area contributed by atoms with Gasteiger partial charge in [0.1, 0.15) is 12.0 Å². The number of methoxy groups -OCH3 is 1. The van der Waals surface area contributed by atoms with Crippen molar-refractivity contribution in [1.29, 1.82) is 0 Å². The van der Waals surface area contributed by atoms with Crippen LogP contribution in [0.1, 0.15) is 31.9 Å². The molecule has 0 aliphatic heterocycles. The van der Waals surface area contributed by atoms with E-state index in [1.165, 1.54) is 7.11 Å². The first kappa shape index (κ1) is 15.4. The molecule has 0 saturated heterocycles. The van der Waals surface area contributed by atoms with Crippen LogP contribution in [0.3, 0.4) is 0 Å². The van der Waals surface area contributed by atoms with Crippen LogP contribution in [0.5, 0.6) is 0 Å². The predicted molar refractivity (Wildman–Crippen MR) is 71.6 cm³/mol. The second-order valence-corrected chi connectivity index (χ2v) is 4.14. The summed E-state index contributed by atoms with van der Waals surface area (Å²) >= 11 is 0. The third-order valence-electron chi connectivity index (χ3n) is 2.92. The van der Waals surface area contributed by atoms with Gasteiger partial charge in [0.25, 0.3) is 0 Å². The molecule has 1 aromatic rings. The van der Waals surface area contributed by atoms with E-state index in [0.29, 0.717) is 6.42 Å². The minimum Gasteiger partial charge on any atom is -0.465 e. The maximum absolute atomic E-state index is 12.4. The average molecular weight is 264 g/mol. The van der Waals surface area contributed by atoms with Crippen LogP contribution in [0.15, 0.2) is 30.3 Å². The van der Waals surface area contributed by atoms with Gasteiger partial charge < -0.3 is 9.47 Å². The molecule has 2 atom stereocenters. The van der Waals surface area contributed by atoms with Crippen molar-refractivity contribution in [3.63, 3.8) is 0 Å². The first-order valence-electron chi connectivity index (χ1n) is 6.43. The van der Waals surface area contributed by atoms with Gasteiger partial charge >= 0.3 is 5.97 Å². The van der Waals surface area contributed by atoms with Crippen LogP contribution in [0.2, 0.25) is 0 Å². The van der Waals surface area contributed by atoms with Crippen LogP contribution in [0, 0.1) is 5.92 Å². The molecule has 104 valence electrons. The van der Waals surface area contributed by atoms with Gasteiger partial charge in [0.2, 0.25) is 0 Å². The summed E-state index contributed by atoms with van der Waals surface area (Å²) in [4.78, 5) is 24.2. The average Bonchev–Trinajstić information content (AvgIpc) is 2.42. The van der Waals surface area contributed by atoms with Gasteiger partial charge in [-0.2, -0.15) is 0 Å². The van der Waals surface area contributed by atoms with Crippen LogP contribution in [0.4, 0.5) is 0 Å². The van der Waals surface area contributed by atoms with Gasteiger partial charge in [0, 0.05) is 7.11 Å². The highest BCUT2D eigenvalue weighted by Crippen LogP contribution is 2.23. The molecule has 0 N–H and O–H groups in total. The Labute approximate surface area is 113 Å². The molecule has 4 heteroatoms. The van der Waals surface area contributed by atoms with Crippen molar-refractivity contribution < 1.29 is 19.1 Å². The normalized spacial score (nSPS) is 13.6. The lowest BCUT2D eigenvalue weighted by Crippen LogP contribution is -2.30. The van der Waals surface area contributed by atoms with E-state index in [0.717, 1.165) is 5.56 Å². The van der Waals surface area contributed by atoms with E-state index >= 15 is 0 Å². The standard InChI is InChI=1S/C15H20O4/c1-4-12(15(17)19-5-2)13(16)14(18-3)11-9-7-6-8-10-11/h6-10,12,14H,4-5H2,1-3H3. The fraction of sp³-hybridized carbons (Fsp3) is 0.467. The number of hydrogen-bond acceptors (Lipinski definition) is 4. The molecular weight excluding hydrogens is 244 g/mol. The van der Waals surface area contributed by atoms with Crippen LogP contribution in [0.25, 0.3) is 0 Å². The summed E-state index contributed by atoms with van der Waals surface area (Å²) in [7, 11) is 1.47. The van der Waals surface area contributed by atoms with E-state index in [9.17, 15) is 9.59 Å². The SMILES string of the molecule is CCOC(=O)C(CC)C(=O)C(OC)c1ccccc1. The molecule has 0 heterocycles. The number of benzene rings is 1. The molecule has 0 aromatic heterocycles. The monoisotopic (exact) mass is 264 g/mol. The number of ether oxygens (including phenoxy) is 2. The number of Topliss-reactive ketones (excluding diaryl/α,β-unsaturated/α-hetero) is 1. The van der Waals surface area contributed by atoms with Crippen molar-refractivity contribution in [2.75, 3.05) is 13.7 Å². The maximum atomic E-state index is 12.4. The molecule has 0 saturated carbocycles. The summed E-state index contributed by atoms with van der Waals surface area (Å²) in [6.07, 6.45) is -0.319. The lowest BCUT2D eigenvalue weighted by molar-refractivity contribution is -0.154. The molecule has 0 bridgehead atoms. The minimum atomic E-state index is -0.773. The van der Waals surface area contributed by atoms with Crippen molar-refractivity contribution in [1.82, 2.24) is 0 Å². The highest BCUT2D eigenvalue weighted by atomic mass is 16.5. The smallest absolute Gasteiger partial charge is 0.316 e. The van der Waals surface area contributed by atoms with Gasteiger partial charge in [-0.3, -0.25) is 9.59 Å². The Bertz CT molecular complexity index is 413. The molecule has 0 aliphatic rings. The summed E-state index contributed by atoms with van der Waals surface area (Å²) in [6, 6.07) is 9.15. The van der Waals surface area contributed by atoms with E-state index in [4.69, 9.17) is 9.47 Å². The van der Waals surface area contributed by atoms with Gasteiger partial charge in [-0.25, -0.2) is 0 Å². The summed E-state index contributed by atoms with van der Waals surface area (Å²) in [6.45, 7) is 3.78. The van der Waals surface area contributed by atoms with Gasteiger partial charge in [-0.15, -0.1) is 0 Å². The van der Waals surface area contributed by atoms with Crippen LogP contribution in [-0.2, 0) is 19.1 Å². The summed E-state index contributed by atoms with van der Waals surface area (Å²) in [5.41, 5.74) is 0.748. The Morgan fingerprint density at radius 1 is 1.16 bits per heavy atom. The van der Waals surface area contributed by atoms with E-state index in [1.807, 2.05) is 30.3 Å². The molecule has 19 heavy (non-hydrogen) atoms. The van der Waals surface area contributed by atoms with Gasteiger partial charge in [0.15, 0.2) is 5.78 Å². The highest BCUT2D eigenvalue weighted by molar-refractivity contribution is 6.01. The van der Waals surface area contributed by atoms with Crippen LogP contribution >= 0.6 is 0 Å². The highest BCUT2D eigenvalue weighted by Gasteiger charge is 2.32. The van der Waals surface area contributed by atoms with E-state index < -0.39 is 18.0 Å². The molecule has 4 nitrogen and oxygen atoms in total. The lowest BCUT2D eigenvalue weighted by atomic mass is 9.93. The van der Waals surface area contributed by atoms with Crippen molar-refractivity contribution >= 4 is 11.8 Å². The first-order chi connectivity index (χ1) is 9.15. The molecule has 1 aromatic carbocycles. The Balaban J connectivity index is 2.91. The molecule has 0 aliphatic carbocycles. The van der Waals surface area contributed by atoms with E-state index in [-0.39, 0.29) is 12.4 Å². The molecule has 1 rings (SSSR count). The van der Waals surface area contributed by atoms with Crippen molar-refractivity contribution in [3.8, 4) is 0 Å². The Morgan fingerprint density at radius 3 is 2.26 bits per heavy atom. The largest absolute Gasteiger partial charge is 0.465 e. The maximum Gasteiger partial charge on any atom is 0.316 e. The van der Waals surface area contributed by atoms with Crippen molar-refractivity contribution in [3.05, 3.63) is 35.9 Å². The fourth-order valence-corrected chi connectivity index (χ4v) is 1.95. The Morgan fingerprint density at radius 2 is 1.79 bits per heavy atom. The zero-order valence-corrected chi connectivity index (χ0v) is 11.6. The molecule has 2 unspecified atom stereocenters. The van der Waals surface area contributed by atoms with Crippen LogP contribution < -0.4 is 0 Å². The van der Waals surface area contributed by atoms with E-state index in [2.05, 4.69) is 0 Å². The third-order valence-corrected chi connectivity index (χ3v) is 2.92. The molecule has 0 radical (unpaired) electrons. The summed E-state index contributed by atoms with van der Waals surface area (Å²) in [5.74, 6) is -1.51. The number of esters is 1. The number of carbonyl (C=O) groups excluding carboxylic acids is 2. The Kier molecular flexibility index (Phi) is 6.22. The molecule has 0 spiro atoms. The quantitative estimate of drug-likeness (QED) is 0.561. The topological polar surface area (TPSA) is 52.6 Å².